The lowest BCUT2D eigenvalue weighted by Crippen LogP contribution is -2.13. The SMILES string of the molecule is CC(C)COc1ccc(-c2cccc(C(=O)OC(C)C)n2)cc1. The van der Waals surface area contributed by atoms with E-state index in [1.54, 1.807) is 6.07 Å². The average Bonchev–Trinajstić information content (AvgIpc) is 2.53. The maximum atomic E-state index is 11.9. The van der Waals surface area contributed by atoms with E-state index in [0.717, 1.165) is 17.0 Å². The van der Waals surface area contributed by atoms with Gasteiger partial charge in [0.2, 0.25) is 0 Å². The van der Waals surface area contributed by atoms with Gasteiger partial charge in [-0.05, 0) is 56.2 Å². The van der Waals surface area contributed by atoms with E-state index in [1.807, 2.05) is 50.2 Å². The highest BCUT2D eigenvalue weighted by Crippen LogP contribution is 2.21. The number of esters is 1. The van der Waals surface area contributed by atoms with Crippen molar-refractivity contribution in [3.8, 4) is 17.0 Å². The zero-order chi connectivity index (χ0) is 16.8. The van der Waals surface area contributed by atoms with Gasteiger partial charge in [0.15, 0.2) is 0 Å². The second kappa shape index (κ2) is 7.77. The summed E-state index contributed by atoms with van der Waals surface area (Å²) >= 11 is 0. The van der Waals surface area contributed by atoms with Crippen molar-refractivity contribution in [1.82, 2.24) is 4.98 Å². The van der Waals surface area contributed by atoms with Gasteiger partial charge >= 0.3 is 5.97 Å². The molecule has 1 aromatic heterocycles. The average molecular weight is 313 g/mol. The van der Waals surface area contributed by atoms with Crippen molar-refractivity contribution in [3.05, 3.63) is 48.2 Å². The molecule has 0 radical (unpaired) electrons. The molecule has 0 saturated carbocycles. The molecule has 0 aliphatic heterocycles. The molecule has 0 N–H and O–H groups in total. The third-order valence-electron chi connectivity index (χ3n) is 3.03. The Morgan fingerprint density at radius 2 is 1.74 bits per heavy atom. The second-order valence-corrected chi connectivity index (χ2v) is 6.09. The highest BCUT2D eigenvalue weighted by atomic mass is 16.5. The van der Waals surface area contributed by atoms with Gasteiger partial charge in [-0.15, -0.1) is 0 Å². The van der Waals surface area contributed by atoms with Gasteiger partial charge in [-0.3, -0.25) is 0 Å². The van der Waals surface area contributed by atoms with E-state index in [1.165, 1.54) is 0 Å². The van der Waals surface area contributed by atoms with Crippen LogP contribution in [0.25, 0.3) is 11.3 Å². The number of rotatable bonds is 6. The van der Waals surface area contributed by atoms with Gasteiger partial charge in [0, 0.05) is 5.56 Å². The molecule has 0 fully saturated rings. The van der Waals surface area contributed by atoms with Gasteiger partial charge in [-0.25, -0.2) is 9.78 Å². The van der Waals surface area contributed by atoms with Crippen LogP contribution in [-0.4, -0.2) is 23.7 Å². The first-order chi connectivity index (χ1) is 11.0. The van der Waals surface area contributed by atoms with Crippen molar-refractivity contribution in [2.45, 2.75) is 33.8 Å². The molecule has 0 atom stereocenters. The van der Waals surface area contributed by atoms with E-state index >= 15 is 0 Å². The van der Waals surface area contributed by atoms with Crippen LogP contribution in [0, 0.1) is 5.92 Å². The Kier molecular flexibility index (Phi) is 5.74. The fourth-order valence-electron chi connectivity index (χ4n) is 1.97. The van der Waals surface area contributed by atoms with Crippen LogP contribution in [0.3, 0.4) is 0 Å². The molecular weight excluding hydrogens is 290 g/mol. The Labute approximate surface area is 137 Å². The van der Waals surface area contributed by atoms with Gasteiger partial charge in [0.1, 0.15) is 11.4 Å². The van der Waals surface area contributed by atoms with Crippen molar-refractivity contribution in [2.75, 3.05) is 6.61 Å². The first-order valence-corrected chi connectivity index (χ1v) is 7.87. The van der Waals surface area contributed by atoms with Crippen LogP contribution in [0.1, 0.15) is 38.2 Å². The number of carbonyl (C=O) groups excluding carboxylic acids is 1. The largest absolute Gasteiger partial charge is 0.493 e. The van der Waals surface area contributed by atoms with Gasteiger partial charge in [-0.2, -0.15) is 0 Å². The summed E-state index contributed by atoms with van der Waals surface area (Å²) in [6.07, 6.45) is -0.162. The number of benzene rings is 1. The lowest BCUT2D eigenvalue weighted by atomic mass is 10.1. The summed E-state index contributed by atoms with van der Waals surface area (Å²) in [5.74, 6) is 0.913. The van der Waals surface area contributed by atoms with Crippen LogP contribution in [0.2, 0.25) is 0 Å². The van der Waals surface area contributed by atoms with Gasteiger partial charge < -0.3 is 9.47 Å². The molecule has 0 bridgehead atoms. The topological polar surface area (TPSA) is 48.4 Å². The Balaban J connectivity index is 2.14. The Morgan fingerprint density at radius 3 is 2.35 bits per heavy atom. The molecule has 1 aromatic carbocycles. The number of carbonyl (C=O) groups is 1. The maximum absolute atomic E-state index is 11.9. The molecule has 2 rings (SSSR count). The van der Waals surface area contributed by atoms with Crippen LogP contribution in [0.15, 0.2) is 42.5 Å². The molecule has 0 spiro atoms. The lowest BCUT2D eigenvalue weighted by molar-refractivity contribution is 0.0371. The molecule has 4 heteroatoms. The van der Waals surface area contributed by atoms with Crippen molar-refractivity contribution in [3.63, 3.8) is 0 Å². The van der Waals surface area contributed by atoms with Crippen molar-refractivity contribution < 1.29 is 14.3 Å². The Morgan fingerprint density at radius 1 is 1.04 bits per heavy atom. The summed E-state index contributed by atoms with van der Waals surface area (Å²) in [7, 11) is 0. The van der Waals surface area contributed by atoms with E-state index < -0.39 is 5.97 Å². The number of hydrogen-bond acceptors (Lipinski definition) is 4. The van der Waals surface area contributed by atoms with E-state index in [4.69, 9.17) is 9.47 Å². The predicted octanol–water partition coefficient (Wildman–Crippen LogP) is 4.35. The predicted molar refractivity (Wildman–Crippen MR) is 90.6 cm³/mol. The molecular formula is C19H23NO3. The summed E-state index contributed by atoms with van der Waals surface area (Å²) in [4.78, 5) is 16.3. The molecule has 0 saturated heterocycles. The minimum Gasteiger partial charge on any atom is -0.493 e. The van der Waals surface area contributed by atoms with Crippen LogP contribution in [0.4, 0.5) is 0 Å². The molecule has 23 heavy (non-hydrogen) atoms. The van der Waals surface area contributed by atoms with E-state index in [2.05, 4.69) is 18.8 Å². The van der Waals surface area contributed by atoms with Crippen molar-refractivity contribution in [1.29, 1.82) is 0 Å². The smallest absolute Gasteiger partial charge is 0.357 e. The molecule has 0 aliphatic rings. The highest BCUT2D eigenvalue weighted by Gasteiger charge is 2.12. The number of aromatic nitrogens is 1. The third-order valence-corrected chi connectivity index (χ3v) is 3.03. The molecule has 2 aromatic rings. The quantitative estimate of drug-likeness (QED) is 0.744. The first-order valence-electron chi connectivity index (χ1n) is 7.87. The van der Waals surface area contributed by atoms with Crippen LogP contribution in [0.5, 0.6) is 5.75 Å². The molecule has 0 aliphatic carbocycles. The summed E-state index contributed by atoms with van der Waals surface area (Å²) in [5, 5.41) is 0. The number of hydrogen-bond donors (Lipinski definition) is 0. The van der Waals surface area contributed by atoms with E-state index in [-0.39, 0.29) is 6.10 Å². The van der Waals surface area contributed by atoms with E-state index in [9.17, 15) is 4.79 Å². The first kappa shape index (κ1) is 17.0. The molecule has 122 valence electrons. The molecule has 4 nitrogen and oxygen atoms in total. The van der Waals surface area contributed by atoms with Crippen LogP contribution < -0.4 is 4.74 Å². The Bertz CT molecular complexity index is 648. The monoisotopic (exact) mass is 313 g/mol. The number of ether oxygens (including phenoxy) is 2. The van der Waals surface area contributed by atoms with Gasteiger partial charge in [0.25, 0.3) is 0 Å². The third kappa shape index (κ3) is 5.09. The fraction of sp³-hybridized carbons (Fsp3) is 0.368. The molecule has 1 heterocycles. The van der Waals surface area contributed by atoms with Crippen molar-refractivity contribution >= 4 is 5.97 Å². The minimum absolute atomic E-state index is 0.162. The molecule has 0 unspecified atom stereocenters. The lowest BCUT2D eigenvalue weighted by Gasteiger charge is -2.10. The summed E-state index contributed by atoms with van der Waals surface area (Å²) in [6, 6.07) is 13.1. The summed E-state index contributed by atoms with van der Waals surface area (Å²) in [5.41, 5.74) is 1.98. The van der Waals surface area contributed by atoms with Crippen LogP contribution >= 0.6 is 0 Å². The maximum Gasteiger partial charge on any atom is 0.357 e. The normalized spacial score (nSPS) is 10.9. The van der Waals surface area contributed by atoms with Crippen molar-refractivity contribution in [2.24, 2.45) is 5.92 Å². The van der Waals surface area contributed by atoms with Gasteiger partial charge in [-0.1, -0.05) is 19.9 Å². The highest BCUT2D eigenvalue weighted by molar-refractivity contribution is 5.88. The summed E-state index contributed by atoms with van der Waals surface area (Å²) < 4.78 is 10.8. The fourth-order valence-corrected chi connectivity index (χ4v) is 1.97. The minimum atomic E-state index is -0.404. The second-order valence-electron chi connectivity index (χ2n) is 6.09. The zero-order valence-electron chi connectivity index (χ0n) is 14.1. The zero-order valence-corrected chi connectivity index (χ0v) is 14.1. The Hall–Kier alpha value is -2.36. The van der Waals surface area contributed by atoms with Gasteiger partial charge in [0.05, 0.1) is 18.4 Å². The van der Waals surface area contributed by atoms with E-state index in [0.29, 0.717) is 18.2 Å². The standard InChI is InChI=1S/C19H23NO3/c1-13(2)12-22-16-10-8-15(9-11-16)17-6-5-7-18(20-17)19(21)23-14(3)4/h5-11,13-14H,12H2,1-4H3. The number of pyridine rings is 1. The summed E-state index contributed by atoms with van der Waals surface area (Å²) in [6.45, 7) is 8.55. The molecule has 0 amide bonds. The number of nitrogens with zero attached hydrogens (tertiary/aromatic N) is 1. The van der Waals surface area contributed by atoms with Crippen LogP contribution in [-0.2, 0) is 4.74 Å².